The van der Waals surface area contributed by atoms with Crippen molar-refractivity contribution in [2.75, 3.05) is 0 Å². The van der Waals surface area contributed by atoms with E-state index in [0.717, 1.165) is 27.7 Å². The minimum atomic E-state index is 0.0256. The van der Waals surface area contributed by atoms with Crippen LogP contribution in [0.4, 0.5) is 0 Å². The molecule has 2 nitrogen and oxygen atoms in total. The first-order chi connectivity index (χ1) is 9.22. The Kier molecular flexibility index (Phi) is 5.64. The molecule has 0 fully saturated rings. The standard InChI is InChI=1S/C14H15Cl2NOS/c1-2-13(14-17-12(7-15)9-19-14)18-8-10-3-5-11(16)6-4-10/h3-6,9,13H,2,7-8H2,1H3. The Morgan fingerprint density at radius 2 is 2.05 bits per heavy atom. The third kappa shape index (κ3) is 4.18. The average Bonchev–Trinajstić information content (AvgIpc) is 2.90. The maximum atomic E-state index is 5.92. The lowest BCUT2D eigenvalue weighted by Gasteiger charge is -2.13. The van der Waals surface area contributed by atoms with Crippen LogP contribution >= 0.6 is 34.5 Å². The van der Waals surface area contributed by atoms with Gasteiger partial charge in [-0.05, 0) is 24.1 Å². The van der Waals surface area contributed by atoms with Gasteiger partial charge < -0.3 is 4.74 Å². The van der Waals surface area contributed by atoms with Crippen molar-refractivity contribution in [1.29, 1.82) is 0 Å². The Morgan fingerprint density at radius 1 is 1.32 bits per heavy atom. The molecule has 1 atom stereocenters. The summed E-state index contributed by atoms with van der Waals surface area (Å²) in [6.45, 7) is 2.65. The van der Waals surface area contributed by atoms with Gasteiger partial charge in [0.05, 0.1) is 18.2 Å². The third-order valence-corrected chi connectivity index (χ3v) is 4.23. The van der Waals surface area contributed by atoms with Gasteiger partial charge >= 0.3 is 0 Å². The topological polar surface area (TPSA) is 22.1 Å². The number of halogens is 2. The van der Waals surface area contributed by atoms with Crippen LogP contribution < -0.4 is 0 Å². The first kappa shape index (κ1) is 14.8. The fourth-order valence-corrected chi connectivity index (χ4v) is 2.98. The summed E-state index contributed by atoms with van der Waals surface area (Å²) in [5.74, 6) is 0.449. The zero-order valence-electron chi connectivity index (χ0n) is 10.6. The molecule has 1 unspecified atom stereocenters. The number of hydrogen-bond donors (Lipinski definition) is 0. The van der Waals surface area contributed by atoms with Gasteiger partial charge in [-0.1, -0.05) is 30.7 Å². The number of aromatic nitrogens is 1. The smallest absolute Gasteiger partial charge is 0.122 e. The number of ether oxygens (including phenoxy) is 1. The fourth-order valence-electron chi connectivity index (χ4n) is 1.67. The van der Waals surface area contributed by atoms with Crippen molar-refractivity contribution < 1.29 is 4.74 Å². The van der Waals surface area contributed by atoms with Crippen LogP contribution in [-0.2, 0) is 17.2 Å². The normalized spacial score (nSPS) is 12.6. The largest absolute Gasteiger partial charge is 0.366 e. The molecule has 0 saturated carbocycles. The van der Waals surface area contributed by atoms with Crippen LogP contribution in [0.5, 0.6) is 0 Å². The minimum absolute atomic E-state index is 0.0256. The van der Waals surface area contributed by atoms with Crippen molar-refractivity contribution in [1.82, 2.24) is 4.98 Å². The lowest BCUT2D eigenvalue weighted by molar-refractivity contribution is 0.0369. The van der Waals surface area contributed by atoms with E-state index in [-0.39, 0.29) is 6.10 Å². The molecule has 1 heterocycles. The molecule has 0 N–H and O–H groups in total. The monoisotopic (exact) mass is 315 g/mol. The highest BCUT2D eigenvalue weighted by molar-refractivity contribution is 7.09. The maximum Gasteiger partial charge on any atom is 0.122 e. The van der Waals surface area contributed by atoms with Gasteiger partial charge in [-0.25, -0.2) is 4.98 Å². The number of thiazole rings is 1. The number of hydrogen-bond acceptors (Lipinski definition) is 3. The number of alkyl halides is 1. The van der Waals surface area contributed by atoms with E-state index in [9.17, 15) is 0 Å². The van der Waals surface area contributed by atoms with E-state index in [0.29, 0.717) is 12.5 Å². The Labute approximate surface area is 127 Å². The summed E-state index contributed by atoms with van der Waals surface area (Å²) in [7, 11) is 0. The Hall–Kier alpha value is -0.610. The van der Waals surface area contributed by atoms with Crippen molar-refractivity contribution in [3.05, 3.63) is 50.9 Å². The summed E-state index contributed by atoms with van der Waals surface area (Å²) in [6, 6.07) is 7.69. The number of nitrogens with zero attached hydrogens (tertiary/aromatic N) is 1. The molecule has 0 aliphatic heterocycles. The van der Waals surface area contributed by atoms with Gasteiger partial charge in [0, 0.05) is 10.4 Å². The second-order valence-corrected chi connectivity index (χ2v) is 5.74. The summed E-state index contributed by atoms with van der Waals surface area (Å²) in [4.78, 5) is 4.47. The Balaban J connectivity index is 1.97. The molecule has 1 aromatic carbocycles. The lowest BCUT2D eigenvalue weighted by Crippen LogP contribution is -2.03. The van der Waals surface area contributed by atoms with Gasteiger partial charge in [0.15, 0.2) is 0 Å². The fraction of sp³-hybridized carbons (Fsp3) is 0.357. The van der Waals surface area contributed by atoms with Gasteiger partial charge in [-0.15, -0.1) is 22.9 Å². The van der Waals surface area contributed by atoms with Crippen molar-refractivity contribution in [3.63, 3.8) is 0 Å². The molecule has 0 spiro atoms. The minimum Gasteiger partial charge on any atom is -0.366 e. The highest BCUT2D eigenvalue weighted by atomic mass is 35.5. The molecule has 2 rings (SSSR count). The zero-order valence-corrected chi connectivity index (χ0v) is 12.9. The van der Waals surface area contributed by atoms with Gasteiger partial charge in [0.25, 0.3) is 0 Å². The van der Waals surface area contributed by atoms with Gasteiger partial charge in [0.2, 0.25) is 0 Å². The number of rotatable bonds is 6. The van der Waals surface area contributed by atoms with Crippen LogP contribution in [0.3, 0.4) is 0 Å². The van der Waals surface area contributed by atoms with Gasteiger partial charge in [0.1, 0.15) is 11.1 Å². The molecule has 2 aromatic rings. The van der Waals surface area contributed by atoms with Crippen LogP contribution in [0.25, 0.3) is 0 Å². The predicted octanol–water partition coefficient (Wildman–Crippen LogP) is 5.20. The summed E-state index contributed by atoms with van der Waals surface area (Å²) < 4.78 is 5.92. The van der Waals surface area contributed by atoms with Crippen molar-refractivity contribution in [3.8, 4) is 0 Å². The molecule has 19 heavy (non-hydrogen) atoms. The molecule has 1 aromatic heterocycles. The summed E-state index contributed by atoms with van der Waals surface area (Å²) in [5.41, 5.74) is 2.02. The third-order valence-electron chi connectivity index (χ3n) is 2.72. The quantitative estimate of drug-likeness (QED) is 0.683. The number of benzene rings is 1. The maximum absolute atomic E-state index is 5.92. The van der Waals surface area contributed by atoms with Gasteiger partial charge in [-0.2, -0.15) is 0 Å². The lowest BCUT2D eigenvalue weighted by atomic mass is 10.2. The summed E-state index contributed by atoms with van der Waals surface area (Å²) in [6.07, 6.45) is 0.917. The molecule has 0 radical (unpaired) electrons. The van der Waals surface area contributed by atoms with E-state index in [4.69, 9.17) is 27.9 Å². The summed E-state index contributed by atoms with van der Waals surface area (Å²) in [5, 5.41) is 3.71. The first-order valence-corrected chi connectivity index (χ1v) is 7.88. The highest BCUT2D eigenvalue weighted by Crippen LogP contribution is 2.26. The van der Waals surface area contributed by atoms with E-state index in [1.54, 1.807) is 11.3 Å². The van der Waals surface area contributed by atoms with E-state index in [1.807, 2.05) is 29.6 Å². The van der Waals surface area contributed by atoms with Crippen molar-refractivity contribution in [2.45, 2.75) is 31.9 Å². The Bertz CT molecular complexity index is 512. The van der Waals surface area contributed by atoms with Crippen LogP contribution in [-0.4, -0.2) is 4.98 Å². The van der Waals surface area contributed by atoms with Crippen LogP contribution in [0.1, 0.15) is 35.7 Å². The van der Waals surface area contributed by atoms with Crippen LogP contribution in [0.2, 0.25) is 5.02 Å². The highest BCUT2D eigenvalue weighted by Gasteiger charge is 2.14. The molecule has 102 valence electrons. The SMILES string of the molecule is CCC(OCc1ccc(Cl)cc1)c1nc(CCl)cs1. The van der Waals surface area contributed by atoms with Gasteiger partial charge in [-0.3, -0.25) is 0 Å². The second kappa shape index (κ2) is 7.25. The molecule has 0 bridgehead atoms. The first-order valence-electron chi connectivity index (χ1n) is 6.09. The zero-order chi connectivity index (χ0) is 13.7. The molecule has 0 saturated heterocycles. The predicted molar refractivity (Wildman–Crippen MR) is 80.9 cm³/mol. The van der Waals surface area contributed by atoms with Crippen molar-refractivity contribution in [2.24, 2.45) is 0 Å². The van der Waals surface area contributed by atoms with Crippen molar-refractivity contribution >= 4 is 34.5 Å². The molecular formula is C14H15Cl2NOS. The molecule has 0 aliphatic rings. The summed E-state index contributed by atoms with van der Waals surface area (Å²) >= 11 is 13.2. The van der Waals surface area contributed by atoms with E-state index >= 15 is 0 Å². The molecule has 5 heteroatoms. The van der Waals surface area contributed by atoms with E-state index < -0.39 is 0 Å². The second-order valence-electron chi connectivity index (χ2n) is 4.15. The van der Waals surface area contributed by atoms with E-state index in [1.165, 1.54) is 0 Å². The molecule has 0 amide bonds. The van der Waals surface area contributed by atoms with Crippen LogP contribution in [0, 0.1) is 0 Å². The Morgan fingerprint density at radius 3 is 2.63 bits per heavy atom. The molecule has 0 aliphatic carbocycles. The average molecular weight is 316 g/mol. The van der Waals surface area contributed by atoms with E-state index in [2.05, 4.69) is 11.9 Å². The van der Waals surface area contributed by atoms with Crippen LogP contribution in [0.15, 0.2) is 29.6 Å². The molecular weight excluding hydrogens is 301 g/mol.